The van der Waals surface area contributed by atoms with E-state index in [2.05, 4.69) is 59.9 Å². The number of rotatable bonds is 15. The van der Waals surface area contributed by atoms with E-state index < -0.39 is 17.2 Å². The second-order valence-electron chi connectivity index (χ2n) is 19.9. The monoisotopic (exact) mass is 792 g/mol. The van der Waals surface area contributed by atoms with Crippen LogP contribution in [0.4, 0.5) is 8.78 Å². The number of aliphatic hydroxyl groups is 2. The van der Waals surface area contributed by atoms with E-state index in [1.54, 1.807) is 0 Å². The van der Waals surface area contributed by atoms with Gasteiger partial charge < -0.3 is 14.9 Å². The Morgan fingerprint density at radius 2 is 1.89 bits per heavy atom. The van der Waals surface area contributed by atoms with Crippen LogP contribution in [0.5, 0.6) is 0 Å². The van der Waals surface area contributed by atoms with E-state index in [0.29, 0.717) is 59.8 Å². The topological polar surface area (TPSA) is 114 Å². The Kier molecular flexibility index (Phi) is 11.7. The number of fused-ring (bicyclic) bond motifs is 7. The molecule has 0 radical (unpaired) electrons. The van der Waals surface area contributed by atoms with Crippen molar-refractivity contribution < 1.29 is 23.7 Å². The summed E-state index contributed by atoms with van der Waals surface area (Å²) in [6.07, 6.45) is 19.1. The van der Waals surface area contributed by atoms with E-state index in [1.807, 2.05) is 10.9 Å². The predicted octanol–water partition coefficient (Wildman–Crippen LogP) is 7.79. The molecule has 4 unspecified atom stereocenters. The number of ether oxygens (including phenoxy) is 1. The fourth-order valence-corrected chi connectivity index (χ4v) is 13.5. The van der Waals surface area contributed by atoms with Crippen molar-refractivity contribution in [1.29, 1.82) is 0 Å². The minimum absolute atomic E-state index is 0.0158. The maximum Gasteiger partial charge on any atom is 0.137 e. The molecule has 3 aromatic rings. The molecule has 1 aliphatic heterocycles. The van der Waals surface area contributed by atoms with Gasteiger partial charge in [-0.3, -0.25) is 9.58 Å². The van der Waals surface area contributed by atoms with Crippen LogP contribution in [0.25, 0.3) is 0 Å². The van der Waals surface area contributed by atoms with Gasteiger partial charge in [0.2, 0.25) is 0 Å². The summed E-state index contributed by atoms with van der Waals surface area (Å²) < 4.78 is 39.5. The van der Waals surface area contributed by atoms with Crippen molar-refractivity contribution in [3.8, 4) is 0 Å². The van der Waals surface area contributed by atoms with Gasteiger partial charge in [-0.05, 0) is 135 Å². The Balaban J connectivity index is 0.865. The lowest BCUT2D eigenvalue weighted by Crippen LogP contribution is -2.54. The minimum Gasteiger partial charge on any atom is -0.393 e. The van der Waals surface area contributed by atoms with Crippen LogP contribution in [-0.2, 0) is 30.0 Å². The standard InChI is InChI=1S/C45H67F2N7O3/c1-6-7-18-52(25-45(56,26-54-28-48-27-49-54)37-12-10-32(46)20-39(37)47)23-33-24-53(51-50-33)22-29(2)8-13-40-30(3)42-41(57-40)21-38-35-11-9-31-19-34(55)14-16-43(31,4)36(35)15-17-44(38,42)5/h10,12,20,24,27-31,34-36,38,40-42,55-56H,6-9,11,13-19,21-23,25-26H2,1-5H3/t29?,30-,31?,34?,35-,36+,38+,40?,41+,42+,43+,44+,45-/m1/s1. The van der Waals surface area contributed by atoms with Crippen LogP contribution >= 0.6 is 0 Å². The van der Waals surface area contributed by atoms with Crippen LogP contribution in [0.15, 0.2) is 37.1 Å². The van der Waals surface area contributed by atoms with E-state index in [4.69, 9.17) is 4.74 Å². The molecule has 8 rings (SSSR count). The zero-order valence-corrected chi connectivity index (χ0v) is 34.9. The summed E-state index contributed by atoms with van der Waals surface area (Å²) in [5.41, 5.74) is -0.131. The van der Waals surface area contributed by atoms with Crippen LogP contribution in [-0.4, -0.2) is 76.3 Å². The summed E-state index contributed by atoms with van der Waals surface area (Å²) in [5, 5.41) is 35.7. The largest absolute Gasteiger partial charge is 0.393 e. The van der Waals surface area contributed by atoms with Crippen LogP contribution in [0.1, 0.15) is 123 Å². The number of aliphatic hydroxyl groups excluding tert-OH is 1. The summed E-state index contributed by atoms with van der Waals surface area (Å²) in [7, 11) is 0. The number of halogens is 2. The quantitative estimate of drug-likeness (QED) is 0.161. The lowest BCUT2D eigenvalue weighted by molar-refractivity contribution is -0.130. The molecule has 2 N–H and O–H groups in total. The molecule has 12 heteroatoms. The van der Waals surface area contributed by atoms with Crippen LogP contribution in [0.2, 0.25) is 0 Å². The minimum atomic E-state index is -1.70. The van der Waals surface area contributed by atoms with Crippen LogP contribution in [0, 0.1) is 63.9 Å². The van der Waals surface area contributed by atoms with Crippen LogP contribution < -0.4 is 0 Å². The molecule has 5 fully saturated rings. The fourth-order valence-electron chi connectivity index (χ4n) is 13.5. The summed E-state index contributed by atoms with van der Waals surface area (Å²) in [4.78, 5) is 6.06. The molecule has 0 spiro atoms. The first-order chi connectivity index (χ1) is 27.3. The molecule has 1 saturated heterocycles. The van der Waals surface area contributed by atoms with Gasteiger partial charge in [-0.1, -0.05) is 52.3 Å². The molecule has 3 heterocycles. The summed E-state index contributed by atoms with van der Waals surface area (Å²) >= 11 is 0. The Labute approximate surface area is 338 Å². The highest BCUT2D eigenvalue weighted by Crippen LogP contribution is 2.70. The maximum absolute atomic E-state index is 15.2. The first-order valence-corrected chi connectivity index (χ1v) is 22.2. The van der Waals surface area contributed by atoms with Crippen molar-refractivity contribution in [3.05, 3.63) is 59.9 Å². The molecule has 314 valence electrons. The Bertz CT molecular complexity index is 1810. The van der Waals surface area contributed by atoms with Gasteiger partial charge in [-0.15, -0.1) is 5.10 Å². The Morgan fingerprint density at radius 1 is 1.07 bits per heavy atom. The van der Waals surface area contributed by atoms with Gasteiger partial charge in [0, 0.05) is 37.5 Å². The number of benzene rings is 1. The molecule has 2 aromatic heterocycles. The van der Waals surface area contributed by atoms with Gasteiger partial charge in [0.1, 0.15) is 29.9 Å². The molecular formula is C45H67F2N7O3. The average Bonchev–Trinajstić information content (AvgIpc) is 3.96. The summed E-state index contributed by atoms with van der Waals surface area (Å²) in [6.45, 7) is 14.0. The zero-order valence-electron chi connectivity index (χ0n) is 34.9. The van der Waals surface area contributed by atoms with Gasteiger partial charge in [0.05, 0.1) is 30.6 Å². The third kappa shape index (κ3) is 7.98. The molecule has 4 aliphatic carbocycles. The molecule has 10 nitrogen and oxygen atoms in total. The van der Waals surface area contributed by atoms with Gasteiger partial charge in [0.25, 0.3) is 0 Å². The highest BCUT2D eigenvalue weighted by Gasteiger charge is 2.65. The van der Waals surface area contributed by atoms with Crippen molar-refractivity contribution in [1.82, 2.24) is 34.7 Å². The van der Waals surface area contributed by atoms with E-state index in [9.17, 15) is 14.6 Å². The first kappa shape index (κ1) is 41.0. The highest BCUT2D eigenvalue weighted by atomic mass is 19.1. The molecule has 0 amide bonds. The molecule has 0 bridgehead atoms. The first-order valence-electron chi connectivity index (χ1n) is 22.2. The van der Waals surface area contributed by atoms with Crippen molar-refractivity contribution in [3.63, 3.8) is 0 Å². The Hall–Kier alpha value is -2.80. The lowest BCUT2D eigenvalue weighted by atomic mass is 9.44. The third-order valence-electron chi connectivity index (χ3n) is 16.3. The van der Waals surface area contributed by atoms with E-state index in [-0.39, 0.29) is 24.8 Å². The molecule has 57 heavy (non-hydrogen) atoms. The van der Waals surface area contributed by atoms with Gasteiger partial charge in [0.15, 0.2) is 0 Å². The summed E-state index contributed by atoms with van der Waals surface area (Å²) in [5.74, 6) is 3.19. The number of unbranched alkanes of at least 4 members (excludes halogenated alkanes) is 1. The van der Waals surface area contributed by atoms with E-state index >= 15 is 4.39 Å². The Morgan fingerprint density at radius 3 is 2.67 bits per heavy atom. The normalized spacial score (nSPS) is 36.4. The molecule has 1 aromatic carbocycles. The van der Waals surface area contributed by atoms with Crippen molar-refractivity contribution in [2.24, 2.45) is 52.3 Å². The van der Waals surface area contributed by atoms with E-state index in [0.717, 1.165) is 74.6 Å². The molecule has 13 atom stereocenters. The second-order valence-corrected chi connectivity index (χ2v) is 19.9. The molecule has 5 aliphatic rings. The SMILES string of the molecule is CCCCN(Cc1cn(CC(C)CCC2O[C@H]3C[C@H]4[C@@H]5CCC6CC(O)CC[C@]6(C)[C@H]5CC[C@]4(C)[C@H]3[C@@H]2C)nn1)C[C@@](O)(Cn1cncn1)c1ccc(F)cc1F. The maximum atomic E-state index is 15.2. The predicted molar refractivity (Wildman–Crippen MR) is 213 cm³/mol. The van der Waals surface area contributed by atoms with Crippen molar-refractivity contribution in [2.75, 3.05) is 13.1 Å². The van der Waals surface area contributed by atoms with E-state index in [1.165, 1.54) is 68.0 Å². The number of hydrogen-bond acceptors (Lipinski definition) is 8. The zero-order chi connectivity index (χ0) is 40.1. The average molecular weight is 792 g/mol. The highest BCUT2D eigenvalue weighted by molar-refractivity contribution is 5.26. The molecular weight excluding hydrogens is 725 g/mol. The van der Waals surface area contributed by atoms with Crippen molar-refractivity contribution >= 4 is 0 Å². The lowest BCUT2D eigenvalue weighted by Gasteiger charge is -2.61. The number of hydrogen-bond donors (Lipinski definition) is 2. The van der Waals surface area contributed by atoms with Gasteiger partial charge in [-0.2, -0.15) is 5.10 Å². The summed E-state index contributed by atoms with van der Waals surface area (Å²) in [6, 6.07) is 3.30. The van der Waals surface area contributed by atoms with Crippen LogP contribution in [0.3, 0.4) is 0 Å². The fraction of sp³-hybridized carbons (Fsp3) is 0.778. The number of nitrogens with zero attached hydrogens (tertiary/aromatic N) is 7. The molecule has 4 saturated carbocycles. The second kappa shape index (κ2) is 16.3. The van der Waals surface area contributed by atoms with Gasteiger partial charge in [-0.25, -0.2) is 18.4 Å². The number of aromatic nitrogens is 6. The third-order valence-corrected chi connectivity index (χ3v) is 16.3. The van der Waals surface area contributed by atoms with Crippen molar-refractivity contribution in [2.45, 2.75) is 155 Å². The smallest absolute Gasteiger partial charge is 0.137 e. The van der Waals surface area contributed by atoms with Gasteiger partial charge >= 0.3 is 0 Å².